The first kappa shape index (κ1) is 12.6. The molecule has 0 bridgehead atoms. The molecule has 1 heterocycles. The van der Waals surface area contributed by atoms with Crippen molar-refractivity contribution in [1.82, 2.24) is 10.2 Å². The van der Waals surface area contributed by atoms with Gasteiger partial charge in [-0.05, 0) is 24.5 Å². The largest absolute Gasteiger partial charge is 0.352 e. The molecule has 1 amide bonds. The predicted molar refractivity (Wildman–Crippen MR) is 66.6 cm³/mol. The molecule has 0 atom stereocenters. The van der Waals surface area contributed by atoms with Crippen LogP contribution in [0.25, 0.3) is 0 Å². The highest BCUT2D eigenvalue weighted by Crippen LogP contribution is 2.16. The third-order valence-electron chi connectivity index (χ3n) is 2.56. The summed E-state index contributed by atoms with van der Waals surface area (Å²) in [5, 5.41) is 2.91. The number of allylic oxidation sites excluding steroid dienone is 2. The molecule has 1 N–H and O–H groups in total. The summed E-state index contributed by atoms with van der Waals surface area (Å²) in [5.74, 6) is 0.563. The fourth-order valence-corrected chi connectivity index (χ4v) is 1.42. The summed E-state index contributed by atoms with van der Waals surface area (Å²) in [7, 11) is 1.88. The average Bonchev–Trinajstić information content (AvgIpc) is 2.21. The van der Waals surface area contributed by atoms with E-state index in [0.29, 0.717) is 18.0 Å². The van der Waals surface area contributed by atoms with Crippen LogP contribution in [0.2, 0.25) is 0 Å². The number of carbonyl (C=O) groups is 1. The number of likely N-dealkylation sites (N-methyl/N-ethyl adjacent to an activating group) is 1. The summed E-state index contributed by atoms with van der Waals surface area (Å²) in [6.45, 7) is 8.88. The highest BCUT2D eigenvalue weighted by Gasteiger charge is 2.16. The molecule has 3 heteroatoms. The fourth-order valence-electron chi connectivity index (χ4n) is 1.42. The van der Waals surface area contributed by atoms with E-state index in [2.05, 4.69) is 25.7 Å². The molecule has 16 heavy (non-hydrogen) atoms. The number of hydrogen-bond acceptors (Lipinski definition) is 2. The molecule has 88 valence electrons. The van der Waals surface area contributed by atoms with E-state index in [1.54, 1.807) is 6.08 Å². The van der Waals surface area contributed by atoms with Crippen LogP contribution in [0.1, 0.15) is 20.3 Å². The first-order valence-corrected chi connectivity index (χ1v) is 5.61. The average molecular weight is 220 g/mol. The van der Waals surface area contributed by atoms with Gasteiger partial charge in [0.05, 0.1) is 5.57 Å². The molecule has 0 fully saturated rings. The molecule has 0 spiro atoms. The molecule has 0 aromatic rings. The van der Waals surface area contributed by atoms with Gasteiger partial charge in [0.15, 0.2) is 0 Å². The minimum absolute atomic E-state index is 0.0400. The van der Waals surface area contributed by atoms with Crippen molar-refractivity contribution >= 4 is 5.91 Å². The van der Waals surface area contributed by atoms with Crippen LogP contribution in [0.3, 0.4) is 0 Å². The highest BCUT2D eigenvalue weighted by molar-refractivity contribution is 5.98. The second-order valence-electron chi connectivity index (χ2n) is 4.42. The maximum atomic E-state index is 11.8. The lowest BCUT2D eigenvalue weighted by atomic mass is 10.1. The van der Waals surface area contributed by atoms with E-state index in [1.165, 1.54) is 0 Å². The molecule has 3 nitrogen and oxygen atoms in total. The van der Waals surface area contributed by atoms with Crippen molar-refractivity contribution in [3.05, 3.63) is 36.2 Å². The summed E-state index contributed by atoms with van der Waals surface area (Å²) >= 11 is 0. The Balaban J connectivity index is 2.51. The molecular formula is C13H20N2O. The Labute approximate surface area is 97.5 Å². The third-order valence-corrected chi connectivity index (χ3v) is 2.56. The first-order valence-electron chi connectivity index (χ1n) is 5.61. The molecule has 0 unspecified atom stereocenters. The Morgan fingerprint density at radius 2 is 2.25 bits per heavy atom. The van der Waals surface area contributed by atoms with Crippen LogP contribution in [-0.4, -0.2) is 24.4 Å². The molecule has 0 saturated carbocycles. The highest BCUT2D eigenvalue weighted by atomic mass is 16.1. The first-order chi connectivity index (χ1) is 7.52. The summed E-state index contributed by atoms with van der Waals surface area (Å²) in [4.78, 5) is 13.7. The van der Waals surface area contributed by atoms with Gasteiger partial charge in [0.1, 0.15) is 0 Å². The number of amides is 1. The van der Waals surface area contributed by atoms with E-state index in [9.17, 15) is 4.79 Å². The zero-order valence-electron chi connectivity index (χ0n) is 10.3. The number of hydrogen-bond donors (Lipinski definition) is 1. The standard InChI is InChI=1S/C13H20N2O/c1-10(2)7-8-14-13(16)12-6-5-9-15(4)11(12)3/h5-6,9-10H,3,7-8H2,1-2,4H3,(H,14,16). The van der Waals surface area contributed by atoms with E-state index in [-0.39, 0.29) is 5.91 Å². The van der Waals surface area contributed by atoms with Gasteiger partial charge in [0.2, 0.25) is 0 Å². The Morgan fingerprint density at radius 1 is 1.56 bits per heavy atom. The third kappa shape index (κ3) is 3.26. The Hall–Kier alpha value is -1.51. The molecular weight excluding hydrogens is 200 g/mol. The molecule has 0 aliphatic carbocycles. The molecule has 0 radical (unpaired) electrons. The topological polar surface area (TPSA) is 32.3 Å². The lowest BCUT2D eigenvalue weighted by molar-refractivity contribution is -0.117. The van der Waals surface area contributed by atoms with Crippen molar-refractivity contribution in [3.63, 3.8) is 0 Å². The second-order valence-corrected chi connectivity index (χ2v) is 4.42. The number of nitrogens with zero attached hydrogens (tertiary/aromatic N) is 1. The SMILES string of the molecule is C=C1C(C(=O)NCCC(C)C)=CC=CN1C. The normalized spacial score (nSPS) is 15.4. The van der Waals surface area contributed by atoms with Gasteiger partial charge in [-0.3, -0.25) is 4.79 Å². The maximum Gasteiger partial charge on any atom is 0.253 e. The number of carbonyl (C=O) groups excluding carboxylic acids is 1. The minimum Gasteiger partial charge on any atom is -0.352 e. The van der Waals surface area contributed by atoms with Crippen LogP contribution in [0, 0.1) is 5.92 Å². The minimum atomic E-state index is -0.0400. The fraction of sp³-hybridized carbons (Fsp3) is 0.462. The van der Waals surface area contributed by atoms with Crippen LogP contribution >= 0.6 is 0 Å². The van der Waals surface area contributed by atoms with E-state index in [0.717, 1.165) is 12.1 Å². The number of rotatable bonds is 4. The Kier molecular flexibility index (Phi) is 4.35. The van der Waals surface area contributed by atoms with Gasteiger partial charge in [0, 0.05) is 25.5 Å². The quantitative estimate of drug-likeness (QED) is 0.786. The maximum absolute atomic E-state index is 11.8. The lowest BCUT2D eigenvalue weighted by Gasteiger charge is -2.22. The monoisotopic (exact) mass is 220 g/mol. The van der Waals surface area contributed by atoms with E-state index >= 15 is 0 Å². The van der Waals surface area contributed by atoms with Crippen molar-refractivity contribution in [2.45, 2.75) is 20.3 Å². The van der Waals surface area contributed by atoms with Gasteiger partial charge in [-0.25, -0.2) is 0 Å². The van der Waals surface area contributed by atoms with Gasteiger partial charge in [-0.1, -0.05) is 20.4 Å². The van der Waals surface area contributed by atoms with Crippen molar-refractivity contribution in [3.8, 4) is 0 Å². The molecule has 0 aromatic carbocycles. The van der Waals surface area contributed by atoms with Crippen LogP contribution in [-0.2, 0) is 4.79 Å². The van der Waals surface area contributed by atoms with Crippen LogP contribution < -0.4 is 5.32 Å². The van der Waals surface area contributed by atoms with Gasteiger partial charge in [0.25, 0.3) is 5.91 Å². The van der Waals surface area contributed by atoms with Gasteiger partial charge in [-0.15, -0.1) is 0 Å². The van der Waals surface area contributed by atoms with Crippen molar-refractivity contribution in [2.24, 2.45) is 5.92 Å². The van der Waals surface area contributed by atoms with Crippen molar-refractivity contribution in [2.75, 3.05) is 13.6 Å². The number of nitrogens with one attached hydrogen (secondary N) is 1. The molecule has 0 saturated heterocycles. The van der Waals surface area contributed by atoms with Gasteiger partial charge in [-0.2, -0.15) is 0 Å². The summed E-state index contributed by atoms with van der Waals surface area (Å²) in [5.41, 5.74) is 1.39. The van der Waals surface area contributed by atoms with Crippen LogP contribution in [0.15, 0.2) is 36.2 Å². The molecule has 1 aliphatic rings. The Bertz CT molecular complexity index is 340. The summed E-state index contributed by atoms with van der Waals surface area (Å²) < 4.78 is 0. The van der Waals surface area contributed by atoms with Crippen LogP contribution in [0.5, 0.6) is 0 Å². The molecule has 0 aromatic heterocycles. The smallest absolute Gasteiger partial charge is 0.253 e. The molecule has 1 rings (SSSR count). The molecule has 1 aliphatic heterocycles. The Morgan fingerprint density at radius 3 is 2.88 bits per heavy atom. The summed E-state index contributed by atoms with van der Waals surface area (Å²) in [6, 6.07) is 0. The van der Waals surface area contributed by atoms with Crippen molar-refractivity contribution in [1.29, 1.82) is 0 Å². The van der Waals surface area contributed by atoms with E-state index < -0.39 is 0 Å². The predicted octanol–water partition coefficient (Wildman–Crippen LogP) is 2.05. The van der Waals surface area contributed by atoms with Crippen molar-refractivity contribution < 1.29 is 4.79 Å². The van der Waals surface area contributed by atoms with Gasteiger partial charge >= 0.3 is 0 Å². The second kappa shape index (κ2) is 5.54. The zero-order chi connectivity index (χ0) is 12.1. The van der Waals surface area contributed by atoms with Crippen LogP contribution in [0.4, 0.5) is 0 Å². The summed E-state index contributed by atoms with van der Waals surface area (Å²) in [6.07, 6.45) is 6.53. The van der Waals surface area contributed by atoms with E-state index in [4.69, 9.17) is 0 Å². The van der Waals surface area contributed by atoms with E-state index in [1.807, 2.05) is 24.2 Å². The zero-order valence-corrected chi connectivity index (χ0v) is 10.3. The van der Waals surface area contributed by atoms with Gasteiger partial charge < -0.3 is 10.2 Å². The lowest BCUT2D eigenvalue weighted by Crippen LogP contribution is -2.30.